The van der Waals surface area contributed by atoms with Crippen molar-refractivity contribution in [1.82, 2.24) is 15.5 Å². The van der Waals surface area contributed by atoms with Crippen molar-refractivity contribution >= 4 is 5.97 Å². The van der Waals surface area contributed by atoms with Gasteiger partial charge in [0.2, 0.25) is 5.89 Å². The highest BCUT2D eigenvalue weighted by molar-refractivity contribution is 5.72. The molecule has 6 heteroatoms. The molecule has 0 spiro atoms. The normalized spacial score (nSPS) is 12.8. The largest absolute Gasteiger partial charge is 0.480 e. The minimum Gasteiger partial charge on any atom is -0.480 e. The van der Waals surface area contributed by atoms with Gasteiger partial charge >= 0.3 is 5.97 Å². The Bertz CT molecular complexity index is 297. The third-order valence-electron chi connectivity index (χ3n) is 1.51. The van der Waals surface area contributed by atoms with E-state index in [0.29, 0.717) is 18.3 Å². The minimum atomic E-state index is -0.903. The SMILES string of the molecule is Cc1nc(CN[C@@H](C)C(=O)O)no1. The van der Waals surface area contributed by atoms with Gasteiger partial charge in [0.1, 0.15) is 6.04 Å². The molecule has 6 nitrogen and oxygen atoms in total. The summed E-state index contributed by atoms with van der Waals surface area (Å²) < 4.78 is 4.71. The van der Waals surface area contributed by atoms with Crippen LogP contribution in [0, 0.1) is 6.92 Å². The molecule has 1 heterocycles. The predicted molar refractivity (Wildman–Crippen MR) is 43.0 cm³/mol. The molecule has 0 fully saturated rings. The van der Waals surface area contributed by atoms with E-state index in [0.717, 1.165) is 0 Å². The fraction of sp³-hybridized carbons (Fsp3) is 0.571. The van der Waals surface area contributed by atoms with Crippen LogP contribution in [0.25, 0.3) is 0 Å². The van der Waals surface area contributed by atoms with Gasteiger partial charge in [-0.05, 0) is 6.92 Å². The van der Waals surface area contributed by atoms with Crippen LogP contribution >= 0.6 is 0 Å². The van der Waals surface area contributed by atoms with Crippen molar-refractivity contribution in [3.8, 4) is 0 Å². The van der Waals surface area contributed by atoms with Crippen LogP contribution in [-0.4, -0.2) is 27.3 Å². The minimum absolute atomic E-state index is 0.296. The summed E-state index contributed by atoms with van der Waals surface area (Å²) in [6, 6.07) is -0.612. The molecule has 0 aromatic carbocycles. The first kappa shape index (κ1) is 9.66. The van der Waals surface area contributed by atoms with E-state index in [1.54, 1.807) is 13.8 Å². The van der Waals surface area contributed by atoms with E-state index in [2.05, 4.69) is 15.5 Å². The van der Waals surface area contributed by atoms with Crippen molar-refractivity contribution in [2.45, 2.75) is 26.4 Å². The number of nitrogens with zero attached hydrogens (tertiary/aromatic N) is 2. The van der Waals surface area contributed by atoms with Crippen LogP contribution in [-0.2, 0) is 11.3 Å². The van der Waals surface area contributed by atoms with Gasteiger partial charge in [0.05, 0.1) is 6.54 Å². The van der Waals surface area contributed by atoms with E-state index in [4.69, 9.17) is 9.63 Å². The van der Waals surface area contributed by atoms with E-state index in [1.807, 2.05) is 0 Å². The lowest BCUT2D eigenvalue weighted by Crippen LogP contribution is -2.33. The molecule has 1 atom stereocenters. The van der Waals surface area contributed by atoms with E-state index in [-0.39, 0.29) is 0 Å². The fourth-order valence-electron chi connectivity index (χ4n) is 0.745. The molecule has 2 N–H and O–H groups in total. The Kier molecular flexibility index (Phi) is 2.97. The molecule has 1 aromatic heterocycles. The molecule has 0 aliphatic heterocycles. The van der Waals surface area contributed by atoms with Gasteiger partial charge in [0.25, 0.3) is 0 Å². The lowest BCUT2D eigenvalue weighted by molar-refractivity contribution is -0.139. The van der Waals surface area contributed by atoms with Crippen LogP contribution in [0.5, 0.6) is 0 Å². The summed E-state index contributed by atoms with van der Waals surface area (Å²) in [4.78, 5) is 14.3. The Morgan fingerprint density at radius 1 is 1.77 bits per heavy atom. The Morgan fingerprint density at radius 2 is 2.46 bits per heavy atom. The molecular weight excluding hydrogens is 174 g/mol. The van der Waals surface area contributed by atoms with Crippen LogP contribution < -0.4 is 5.32 Å². The second-order valence-corrected chi connectivity index (χ2v) is 2.67. The number of rotatable bonds is 4. The molecule has 0 saturated heterocycles. The van der Waals surface area contributed by atoms with E-state index in [9.17, 15) is 4.79 Å². The molecule has 1 aromatic rings. The third-order valence-corrected chi connectivity index (χ3v) is 1.51. The van der Waals surface area contributed by atoms with Gasteiger partial charge in [-0.1, -0.05) is 5.16 Å². The van der Waals surface area contributed by atoms with Crippen molar-refractivity contribution < 1.29 is 14.4 Å². The lowest BCUT2D eigenvalue weighted by Gasteiger charge is -2.05. The number of hydrogen-bond donors (Lipinski definition) is 2. The van der Waals surface area contributed by atoms with Gasteiger partial charge in [0, 0.05) is 6.92 Å². The lowest BCUT2D eigenvalue weighted by atomic mass is 10.3. The quantitative estimate of drug-likeness (QED) is 0.683. The molecule has 0 aliphatic carbocycles. The van der Waals surface area contributed by atoms with Crippen LogP contribution in [0.1, 0.15) is 18.6 Å². The standard InChI is InChI=1S/C7H11N3O3/c1-4(7(11)12)8-3-6-9-5(2)13-10-6/h4,8H,3H2,1-2H3,(H,11,12)/t4-/m0/s1. The van der Waals surface area contributed by atoms with Gasteiger partial charge in [0.15, 0.2) is 5.82 Å². The number of carboxylic acid groups (broad SMARTS) is 1. The zero-order chi connectivity index (χ0) is 9.84. The molecule has 0 amide bonds. The zero-order valence-electron chi connectivity index (χ0n) is 7.44. The van der Waals surface area contributed by atoms with Crippen molar-refractivity contribution in [2.75, 3.05) is 0 Å². The summed E-state index contributed by atoms with van der Waals surface area (Å²) >= 11 is 0. The van der Waals surface area contributed by atoms with Gasteiger partial charge in [-0.15, -0.1) is 0 Å². The van der Waals surface area contributed by atoms with Crippen molar-refractivity contribution in [1.29, 1.82) is 0 Å². The monoisotopic (exact) mass is 185 g/mol. The smallest absolute Gasteiger partial charge is 0.320 e. The van der Waals surface area contributed by atoms with E-state index in [1.165, 1.54) is 0 Å². The molecule has 0 unspecified atom stereocenters. The number of aromatic nitrogens is 2. The van der Waals surface area contributed by atoms with Crippen LogP contribution in [0.2, 0.25) is 0 Å². The maximum atomic E-state index is 10.4. The summed E-state index contributed by atoms with van der Waals surface area (Å²) in [5.41, 5.74) is 0. The first-order chi connectivity index (χ1) is 6.09. The summed E-state index contributed by atoms with van der Waals surface area (Å²) in [6.45, 7) is 3.53. The number of carbonyl (C=O) groups is 1. The van der Waals surface area contributed by atoms with Crippen LogP contribution in [0.3, 0.4) is 0 Å². The number of aliphatic carboxylic acids is 1. The Labute approximate surface area is 74.9 Å². The Hall–Kier alpha value is -1.43. The molecule has 0 aliphatic rings. The van der Waals surface area contributed by atoms with Crippen molar-refractivity contribution in [3.63, 3.8) is 0 Å². The summed E-state index contributed by atoms with van der Waals surface area (Å²) in [6.07, 6.45) is 0. The molecule has 1 rings (SSSR count). The summed E-state index contributed by atoms with van der Waals surface area (Å²) in [7, 11) is 0. The Morgan fingerprint density at radius 3 is 2.92 bits per heavy atom. The molecule has 0 bridgehead atoms. The first-order valence-corrected chi connectivity index (χ1v) is 3.85. The van der Waals surface area contributed by atoms with Gasteiger partial charge in [-0.25, -0.2) is 0 Å². The topological polar surface area (TPSA) is 88.2 Å². The number of carboxylic acids is 1. The maximum absolute atomic E-state index is 10.4. The Balaban J connectivity index is 2.39. The highest BCUT2D eigenvalue weighted by atomic mass is 16.5. The number of nitrogens with one attached hydrogen (secondary N) is 1. The van der Waals surface area contributed by atoms with Gasteiger partial charge in [-0.3, -0.25) is 10.1 Å². The second kappa shape index (κ2) is 3.99. The van der Waals surface area contributed by atoms with Crippen LogP contribution in [0.15, 0.2) is 4.52 Å². The maximum Gasteiger partial charge on any atom is 0.320 e. The molecule has 72 valence electrons. The molecule has 0 radical (unpaired) electrons. The molecule has 13 heavy (non-hydrogen) atoms. The third kappa shape index (κ3) is 2.83. The highest BCUT2D eigenvalue weighted by Crippen LogP contribution is 1.94. The first-order valence-electron chi connectivity index (χ1n) is 3.85. The average molecular weight is 185 g/mol. The van der Waals surface area contributed by atoms with Crippen molar-refractivity contribution in [3.05, 3.63) is 11.7 Å². The molecular formula is C7H11N3O3. The predicted octanol–water partition coefficient (Wildman–Crippen LogP) is -0.0593. The van der Waals surface area contributed by atoms with Gasteiger partial charge in [-0.2, -0.15) is 4.98 Å². The summed E-state index contributed by atoms with van der Waals surface area (Å²) in [5, 5.41) is 14.9. The number of aryl methyl sites for hydroxylation is 1. The van der Waals surface area contributed by atoms with Gasteiger partial charge < -0.3 is 9.63 Å². The molecule has 0 saturated carbocycles. The highest BCUT2D eigenvalue weighted by Gasteiger charge is 2.10. The van der Waals surface area contributed by atoms with Crippen LogP contribution in [0.4, 0.5) is 0 Å². The summed E-state index contributed by atoms with van der Waals surface area (Å²) in [5.74, 6) is 0.0330. The van der Waals surface area contributed by atoms with E-state index >= 15 is 0 Å². The second-order valence-electron chi connectivity index (χ2n) is 2.67. The van der Waals surface area contributed by atoms with E-state index < -0.39 is 12.0 Å². The zero-order valence-corrected chi connectivity index (χ0v) is 7.44. The number of hydrogen-bond acceptors (Lipinski definition) is 5. The van der Waals surface area contributed by atoms with Crippen molar-refractivity contribution in [2.24, 2.45) is 0 Å². The average Bonchev–Trinajstić information content (AvgIpc) is 2.47. The fourth-order valence-corrected chi connectivity index (χ4v) is 0.745.